The second-order valence-corrected chi connectivity index (χ2v) is 8.03. The minimum absolute atomic E-state index is 0.0190. The van der Waals surface area contributed by atoms with Gasteiger partial charge in [-0.05, 0) is 50.9 Å². The van der Waals surface area contributed by atoms with Crippen molar-refractivity contribution in [2.45, 2.75) is 37.7 Å². The van der Waals surface area contributed by atoms with E-state index in [-0.39, 0.29) is 18.6 Å². The maximum absolute atomic E-state index is 11.2. The lowest BCUT2D eigenvalue weighted by atomic mass is 9.96. The van der Waals surface area contributed by atoms with E-state index in [1.165, 1.54) is 12.8 Å². The number of aromatic nitrogens is 4. The average molecular weight is 385 g/mol. The topological polar surface area (TPSA) is 87.9 Å². The van der Waals surface area contributed by atoms with Crippen LogP contribution in [0.15, 0.2) is 12.1 Å². The molecule has 3 fully saturated rings. The zero-order valence-corrected chi connectivity index (χ0v) is 16.1. The molecule has 0 radical (unpaired) electrons. The number of morpholine rings is 1. The SMILES string of the molecule is O=C1COC(CN2CCC(c3nnc4ccc(N5CCCC5)nn34)CC2)CN1. The summed E-state index contributed by atoms with van der Waals surface area (Å²) in [7, 11) is 0. The lowest BCUT2D eigenvalue weighted by molar-refractivity contribution is -0.134. The first kappa shape index (κ1) is 17.8. The van der Waals surface area contributed by atoms with Gasteiger partial charge >= 0.3 is 0 Å². The van der Waals surface area contributed by atoms with Crippen molar-refractivity contribution in [3.8, 4) is 0 Å². The highest BCUT2D eigenvalue weighted by Gasteiger charge is 2.28. The van der Waals surface area contributed by atoms with Crippen LogP contribution in [0, 0.1) is 0 Å². The maximum Gasteiger partial charge on any atom is 0.246 e. The van der Waals surface area contributed by atoms with Crippen LogP contribution in [0.2, 0.25) is 0 Å². The first-order valence-corrected chi connectivity index (χ1v) is 10.3. The molecule has 5 rings (SSSR count). The molecule has 28 heavy (non-hydrogen) atoms. The lowest BCUT2D eigenvalue weighted by Gasteiger charge is -2.34. The van der Waals surface area contributed by atoms with Crippen LogP contribution in [0.3, 0.4) is 0 Å². The largest absolute Gasteiger partial charge is 0.365 e. The van der Waals surface area contributed by atoms with Crippen LogP contribution in [-0.2, 0) is 9.53 Å². The molecule has 0 spiro atoms. The Kier molecular flexibility index (Phi) is 4.86. The Labute approximate surface area is 164 Å². The molecule has 2 aromatic heterocycles. The number of carbonyl (C=O) groups excluding carboxylic acids is 1. The quantitative estimate of drug-likeness (QED) is 0.816. The first-order chi connectivity index (χ1) is 13.8. The van der Waals surface area contributed by atoms with E-state index in [1.54, 1.807) is 0 Å². The number of fused-ring (bicyclic) bond motifs is 1. The maximum atomic E-state index is 11.2. The van der Waals surface area contributed by atoms with Gasteiger partial charge in [0.1, 0.15) is 12.4 Å². The molecule has 3 aliphatic heterocycles. The molecule has 2 aromatic rings. The molecule has 0 aliphatic carbocycles. The standard InChI is InChI=1S/C19H27N7O2/c27-18-13-28-15(11-20-18)12-24-9-5-14(6-10-24)19-22-21-16-3-4-17(23-26(16)19)25-7-1-2-8-25/h3-4,14-15H,1-2,5-13H2,(H,20,27). The zero-order chi connectivity index (χ0) is 18.9. The van der Waals surface area contributed by atoms with Gasteiger partial charge < -0.3 is 19.9 Å². The van der Waals surface area contributed by atoms with E-state index >= 15 is 0 Å². The smallest absolute Gasteiger partial charge is 0.246 e. The van der Waals surface area contributed by atoms with Crippen molar-refractivity contribution in [1.29, 1.82) is 0 Å². The van der Waals surface area contributed by atoms with Gasteiger partial charge in [-0.15, -0.1) is 15.3 Å². The summed E-state index contributed by atoms with van der Waals surface area (Å²) in [6.07, 6.45) is 4.64. The number of hydrogen-bond acceptors (Lipinski definition) is 7. The van der Waals surface area contributed by atoms with E-state index in [0.29, 0.717) is 12.5 Å². The first-order valence-electron chi connectivity index (χ1n) is 10.3. The van der Waals surface area contributed by atoms with Crippen LogP contribution < -0.4 is 10.2 Å². The van der Waals surface area contributed by atoms with Gasteiger partial charge in [-0.1, -0.05) is 0 Å². The van der Waals surface area contributed by atoms with Crippen molar-refractivity contribution in [1.82, 2.24) is 30.0 Å². The summed E-state index contributed by atoms with van der Waals surface area (Å²) in [6.45, 7) is 5.81. The third-order valence-electron chi connectivity index (χ3n) is 6.09. The van der Waals surface area contributed by atoms with Crippen molar-refractivity contribution in [3.05, 3.63) is 18.0 Å². The van der Waals surface area contributed by atoms with Crippen molar-refractivity contribution in [3.63, 3.8) is 0 Å². The molecule has 1 unspecified atom stereocenters. The number of hydrogen-bond donors (Lipinski definition) is 1. The second-order valence-electron chi connectivity index (χ2n) is 8.03. The molecule has 1 N–H and O–H groups in total. The highest BCUT2D eigenvalue weighted by Crippen LogP contribution is 2.28. The number of anilines is 1. The average Bonchev–Trinajstić information content (AvgIpc) is 3.40. The Morgan fingerprint density at radius 2 is 1.93 bits per heavy atom. The van der Waals surface area contributed by atoms with E-state index < -0.39 is 0 Å². The Morgan fingerprint density at radius 1 is 1.11 bits per heavy atom. The molecule has 0 aromatic carbocycles. The van der Waals surface area contributed by atoms with Crippen LogP contribution >= 0.6 is 0 Å². The molecule has 9 heteroatoms. The van der Waals surface area contributed by atoms with Crippen molar-refractivity contribution in [2.75, 3.05) is 50.8 Å². The van der Waals surface area contributed by atoms with Gasteiger partial charge in [0, 0.05) is 32.1 Å². The molecule has 150 valence electrons. The molecular formula is C19H27N7O2. The summed E-state index contributed by atoms with van der Waals surface area (Å²) in [5, 5.41) is 16.5. The molecule has 0 saturated carbocycles. The lowest BCUT2D eigenvalue weighted by Crippen LogP contribution is -2.49. The predicted octanol–water partition coefficient (Wildman–Crippen LogP) is 0.419. The summed E-state index contributed by atoms with van der Waals surface area (Å²) in [5.74, 6) is 2.37. The minimum atomic E-state index is -0.0190. The van der Waals surface area contributed by atoms with Gasteiger partial charge in [-0.25, -0.2) is 0 Å². The highest BCUT2D eigenvalue weighted by molar-refractivity contribution is 5.77. The van der Waals surface area contributed by atoms with Gasteiger partial charge in [0.2, 0.25) is 5.91 Å². The molecule has 3 saturated heterocycles. The van der Waals surface area contributed by atoms with E-state index in [4.69, 9.17) is 9.84 Å². The van der Waals surface area contributed by atoms with E-state index in [2.05, 4.69) is 31.4 Å². The van der Waals surface area contributed by atoms with E-state index in [1.807, 2.05) is 10.6 Å². The Morgan fingerprint density at radius 3 is 2.68 bits per heavy atom. The molecule has 1 atom stereocenters. The normalized spacial score (nSPS) is 24.8. The van der Waals surface area contributed by atoms with Crippen molar-refractivity contribution < 1.29 is 9.53 Å². The monoisotopic (exact) mass is 385 g/mol. The Hall–Kier alpha value is -2.26. The van der Waals surface area contributed by atoms with E-state index in [0.717, 1.165) is 62.9 Å². The van der Waals surface area contributed by atoms with Crippen LogP contribution in [-0.4, -0.2) is 82.6 Å². The molecule has 5 heterocycles. The molecular weight excluding hydrogens is 358 g/mol. The number of nitrogens with zero attached hydrogens (tertiary/aromatic N) is 6. The predicted molar refractivity (Wildman–Crippen MR) is 103 cm³/mol. The third-order valence-corrected chi connectivity index (χ3v) is 6.09. The summed E-state index contributed by atoms with van der Waals surface area (Å²) < 4.78 is 7.57. The highest BCUT2D eigenvalue weighted by atomic mass is 16.5. The Bertz CT molecular complexity index is 830. The zero-order valence-electron chi connectivity index (χ0n) is 16.1. The minimum Gasteiger partial charge on any atom is -0.365 e. The van der Waals surface area contributed by atoms with Crippen LogP contribution in [0.1, 0.15) is 37.4 Å². The fraction of sp³-hybridized carbons (Fsp3) is 0.684. The van der Waals surface area contributed by atoms with Gasteiger partial charge in [-0.3, -0.25) is 4.79 Å². The molecule has 3 aliphatic rings. The van der Waals surface area contributed by atoms with Gasteiger partial charge in [0.15, 0.2) is 11.5 Å². The van der Waals surface area contributed by atoms with E-state index in [9.17, 15) is 4.79 Å². The summed E-state index contributed by atoms with van der Waals surface area (Å²) in [6, 6.07) is 4.09. The summed E-state index contributed by atoms with van der Waals surface area (Å²) in [4.78, 5) is 16.0. The number of rotatable bonds is 4. The molecule has 0 bridgehead atoms. The third kappa shape index (κ3) is 3.56. The fourth-order valence-corrected chi connectivity index (χ4v) is 4.48. The van der Waals surface area contributed by atoms with Gasteiger partial charge in [0.05, 0.1) is 6.10 Å². The summed E-state index contributed by atoms with van der Waals surface area (Å²) in [5.41, 5.74) is 0.826. The fourth-order valence-electron chi connectivity index (χ4n) is 4.48. The van der Waals surface area contributed by atoms with Crippen LogP contribution in [0.25, 0.3) is 5.65 Å². The second kappa shape index (κ2) is 7.63. The molecule has 9 nitrogen and oxygen atoms in total. The number of piperidine rings is 1. The Balaban J connectivity index is 1.24. The van der Waals surface area contributed by atoms with Gasteiger partial charge in [0.25, 0.3) is 0 Å². The number of amides is 1. The number of likely N-dealkylation sites (tertiary alicyclic amines) is 1. The number of nitrogens with one attached hydrogen (secondary N) is 1. The number of carbonyl (C=O) groups is 1. The van der Waals surface area contributed by atoms with Crippen molar-refractivity contribution in [2.24, 2.45) is 0 Å². The van der Waals surface area contributed by atoms with Crippen molar-refractivity contribution >= 4 is 17.4 Å². The number of ether oxygens (including phenoxy) is 1. The van der Waals surface area contributed by atoms with Crippen LogP contribution in [0.4, 0.5) is 5.82 Å². The molecule has 1 amide bonds. The van der Waals surface area contributed by atoms with Crippen LogP contribution in [0.5, 0.6) is 0 Å². The summed E-state index contributed by atoms with van der Waals surface area (Å²) >= 11 is 0. The van der Waals surface area contributed by atoms with Gasteiger partial charge in [-0.2, -0.15) is 4.52 Å².